The van der Waals surface area contributed by atoms with E-state index in [4.69, 9.17) is 5.26 Å². The Kier molecular flexibility index (Phi) is 1.47. The van der Waals surface area contributed by atoms with Crippen LogP contribution in [0.25, 0.3) is 0 Å². The van der Waals surface area contributed by atoms with E-state index in [0.29, 0.717) is 5.41 Å². The van der Waals surface area contributed by atoms with Gasteiger partial charge >= 0.3 is 0 Å². The molecule has 1 spiro atoms. The number of rotatable bonds is 1. The smallest absolute Gasteiger partial charge is 0.103 e. The van der Waals surface area contributed by atoms with E-state index in [2.05, 4.69) is 12.3 Å². The highest BCUT2D eigenvalue weighted by Gasteiger charge is 2.57. The fourth-order valence-corrected chi connectivity index (χ4v) is 3.45. The Morgan fingerprint density at radius 2 is 2.00 bits per heavy atom. The van der Waals surface area contributed by atoms with Crippen molar-refractivity contribution in [3.8, 4) is 6.07 Å². The van der Waals surface area contributed by atoms with E-state index in [0.717, 1.165) is 12.8 Å². The molecule has 2 heteroatoms. The van der Waals surface area contributed by atoms with E-state index >= 15 is 0 Å². The lowest BCUT2D eigenvalue weighted by atomic mass is 9.52. The van der Waals surface area contributed by atoms with Crippen LogP contribution in [0.15, 0.2) is 0 Å². The molecule has 0 saturated heterocycles. The maximum Gasteiger partial charge on any atom is 0.103 e. The second-order valence-electron chi connectivity index (χ2n) is 4.02. The summed E-state index contributed by atoms with van der Waals surface area (Å²) >= 11 is 1.75. The van der Waals surface area contributed by atoms with E-state index in [1.807, 2.05) is 0 Å². The van der Waals surface area contributed by atoms with E-state index in [-0.39, 0.29) is 4.75 Å². The topological polar surface area (TPSA) is 23.8 Å². The molecule has 1 nitrogen and oxygen atoms in total. The summed E-state index contributed by atoms with van der Waals surface area (Å²) in [5, 5.41) is 8.92. The van der Waals surface area contributed by atoms with Crippen LogP contribution in [0.3, 0.4) is 0 Å². The van der Waals surface area contributed by atoms with Crippen LogP contribution in [0.5, 0.6) is 0 Å². The van der Waals surface area contributed by atoms with Crippen LogP contribution in [0.2, 0.25) is 0 Å². The molecule has 0 N–H and O–H groups in total. The molecule has 2 rings (SSSR count). The van der Waals surface area contributed by atoms with Crippen molar-refractivity contribution in [2.45, 2.75) is 36.9 Å². The minimum atomic E-state index is 0.0143. The van der Waals surface area contributed by atoms with Gasteiger partial charge in [-0.2, -0.15) is 5.26 Å². The molecule has 0 radical (unpaired) electrons. The molecule has 0 unspecified atom stereocenters. The molecular formula is C9H13NS. The highest BCUT2D eigenvalue weighted by atomic mass is 32.2. The zero-order valence-electron chi connectivity index (χ0n) is 6.89. The summed E-state index contributed by atoms with van der Waals surface area (Å²) in [7, 11) is 0. The highest BCUT2D eigenvalue weighted by Crippen LogP contribution is 2.64. The predicted octanol–water partition coefficient (Wildman–Crippen LogP) is 2.58. The SMILES string of the molecule is CSC1(C#N)CC2(CCC2)C1. The number of nitriles is 1. The summed E-state index contributed by atoms with van der Waals surface area (Å²) in [6.45, 7) is 0. The van der Waals surface area contributed by atoms with Crippen molar-refractivity contribution < 1.29 is 0 Å². The van der Waals surface area contributed by atoms with Gasteiger partial charge in [-0.25, -0.2) is 0 Å². The van der Waals surface area contributed by atoms with Crippen molar-refractivity contribution in [2.24, 2.45) is 5.41 Å². The molecule has 0 heterocycles. The molecule has 0 aromatic carbocycles. The van der Waals surface area contributed by atoms with Gasteiger partial charge in [-0.3, -0.25) is 0 Å². The van der Waals surface area contributed by atoms with Crippen LogP contribution in [0.4, 0.5) is 0 Å². The maximum absolute atomic E-state index is 8.92. The molecule has 0 atom stereocenters. The van der Waals surface area contributed by atoms with Gasteiger partial charge in [-0.05, 0) is 37.4 Å². The lowest BCUT2D eigenvalue weighted by molar-refractivity contribution is 0.0154. The molecule has 2 aliphatic rings. The molecule has 0 bridgehead atoms. The first-order chi connectivity index (χ1) is 5.24. The zero-order chi connectivity index (χ0) is 7.95. The third kappa shape index (κ3) is 0.906. The molecule has 2 fully saturated rings. The Morgan fingerprint density at radius 1 is 1.36 bits per heavy atom. The van der Waals surface area contributed by atoms with Crippen molar-refractivity contribution in [3.05, 3.63) is 0 Å². The van der Waals surface area contributed by atoms with Crippen molar-refractivity contribution in [1.29, 1.82) is 5.26 Å². The first kappa shape index (κ1) is 7.49. The summed E-state index contributed by atoms with van der Waals surface area (Å²) in [5.74, 6) is 0. The minimum absolute atomic E-state index is 0.0143. The van der Waals surface area contributed by atoms with Gasteiger partial charge in [-0.15, -0.1) is 11.8 Å². The molecule has 2 aliphatic carbocycles. The molecule has 0 aromatic heterocycles. The molecule has 0 aromatic rings. The number of hydrogen-bond acceptors (Lipinski definition) is 2. The van der Waals surface area contributed by atoms with Crippen LogP contribution in [-0.4, -0.2) is 11.0 Å². The van der Waals surface area contributed by atoms with E-state index in [9.17, 15) is 0 Å². The molecule has 0 aliphatic heterocycles. The Balaban J connectivity index is 2.00. The lowest BCUT2D eigenvalue weighted by Crippen LogP contribution is -2.52. The van der Waals surface area contributed by atoms with Gasteiger partial charge in [0.2, 0.25) is 0 Å². The third-order valence-electron chi connectivity index (χ3n) is 3.33. The number of thioether (sulfide) groups is 1. The number of hydrogen-bond donors (Lipinski definition) is 0. The highest BCUT2D eigenvalue weighted by molar-refractivity contribution is 8.00. The van der Waals surface area contributed by atoms with Crippen molar-refractivity contribution in [2.75, 3.05) is 6.26 Å². The minimum Gasteiger partial charge on any atom is -0.197 e. The third-order valence-corrected chi connectivity index (χ3v) is 4.49. The van der Waals surface area contributed by atoms with Crippen LogP contribution in [-0.2, 0) is 0 Å². The summed E-state index contributed by atoms with van der Waals surface area (Å²) < 4.78 is 0.0143. The summed E-state index contributed by atoms with van der Waals surface area (Å²) in [6.07, 6.45) is 8.56. The fraction of sp³-hybridized carbons (Fsp3) is 0.889. The standard InChI is InChI=1S/C9H13NS/c1-11-9(7-10)5-8(6-9)3-2-4-8/h2-6H2,1H3. The summed E-state index contributed by atoms with van der Waals surface area (Å²) in [5.41, 5.74) is 0.638. The predicted molar refractivity (Wildman–Crippen MR) is 47.4 cm³/mol. The Hall–Kier alpha value is -0.160. The van der Waals surface area contributed by atoms with Gasteiger partial charge in [0.05, 0.1) is 6.07 Å². The van der Waals surface area contributed by atoms with Gasteiger partial charge in [0.25, 0.3) is 0 Å². The van der Waals surface area contributed by atoms with Crippen LogP contribution in [0, 0.1) is 16.7 Å². The van der Waals surface area contributed by atoms with Crippen molar-refractivity contribution in [3.63, 3.8) is 0 Å². The van der Waals surface area contributed by atoms with Crippen molar-refractivity contribution >= 4 is 11.8 Å². The Morgan fingerprint density at radius 3 is 2.27 bits per heavy atom. The number of nitrogens with zero attached hydrogens (tertiary/aromatic N) is 1. The molecule has 0 amide bonds. The fourth-order valence-electron chi connectivity index (χ4n) is 2.46. The average molecular weight is 167 g/mol. The average Bonchev–Trinajstić information content (AvgIpc) is 1.85. The normalized spacial score (nSPS) is 30.2. The van der Waals surface area contributed by atoms with Crippen LogP contribution < -0.4 is 0 Å². The largest absolute Gasteiger partial charge is 0.197 e. The Labute approximate surface area is 72.2 Å². The summed E-state index contributed by atoms with van der Waals surface area (Å²) in [6, 6.07) is 2.45. The molecule has 2 saturated carbocycles. The second kappa shape index (κ2) is 2.17. The van der Waals surface area contributed by atoms with Gasteiger partial charge in [0.1, 0.15) is 4.75 Å². The van der Waals surface area contributed by atoms with Crippen molar-refractivity contribution in [1.82, 2.24) is 0 Å². The van der Waals surface area contributed by atoms with Crippen LogP contribution in [0.1, 0.15) is 32.1 Å². The second-order valence-corrected chi connectivity index (χ2v) is 5.21. The van der Waals surface area contributed by atoms with Gasteiger partial charge < -0.3 is 0 Å². The Bertz CT molecular complexity index is 204. The molecule has 11 heavy (non-hydrogen) atoms. The quantitative estimate of drug-likeness (QED) is 0.599. The van der Waals surface area contributed by atoms with Crippen LogP contribution >= 0.6 is 11.8 Å². The van der Waals surface area contributed by atoms with E-state index in [1.54, 1.807) is 11.8 Å². The maximum atomic E-state index is 8.92. The molecule has 60 valence electrons. The monoisotopic (exact) mass is 167 g/mol. The van der Waals surface area contributed by atoms with E-state index < -0.39 is 0 Å². The first-order valence-electron chi connectivity index (χ1n) is 4.21. The molecular weight excluding hydrogens is 154 g/mol. The van der Waals surface area contributed by atoms with E-state index in [1.165, 1.54) is 19.3 Å². The lowest BCUT2D eigenvalue weighted by Gasteiger charge is -2.57. The van der Waals surface area contributed by atoms with Gasteiger partial charge in [0, 0.05) is 0 Å². The summed E-state index contributed by atoms with van der Waals surface area (Å²) in [4.78, 5) is 0. The first-order valence-corrected chi connectivity index (χ1v) is 5.43. The van der Waals surface area contributed by atoms with Gasteiger partial charge in [0.15, 0.2) is 0 Å². The van der Waals surface area contributed by atoms with Gasteiger partial charge in [-0.1, -0.05) is 6.42 Å². The zero-order valence-corrected chi connectivity index (χ0v) is 7.71.